The normalized spacial score (nSPS) is 15.9. The van der Waals surface area contributed by atoms with E-state index in [4.69, 9.17) is 9.15 Å². The standard InChI is InChI=1S/C13H12N4O4S/c1-7(20-13(19)8-4-5-10(18)15-14-8)11-16-17-12(21-11)9-3-2-6-22-9/h2-3,6-7H,4-5H2,1H3,(H,15,18)/t7-/m1/s1. The molecule has 3 rings (SSSR count). The van der Waals surface area contributed by atoms with Gasteiger partial charge in [-0.05, 0) is 18.4 Å². The summed E-state index contributed by atoms with van der Waals surface area (Å²) >= 11 is 1.47. The highest BCUT2D eigenvalue weighted by atomic mass is 32.1. The second-order valence-electron chi connectivity index (χ2n) is 4.56. The Morgan fingerprint density at radius 2 is 2.32 bits per heavy atom. The van der Waals surface area contributed by atoms with Gasteiger partial charge in [-0.1, -0.05) is 6.07 Å². The Balaban J connectivity index is 1.66. The van der Waals surface area contributed by atoms with E-state index in [0.717, 1.165) is 4.88 Å². The molecule has 0 aliphatic carbocycles. The fourth-order valence-corrected chi connectivity index (χ4v) is 2.44. The maximum Gasteiger partial charge on any atom is 0.355 e. The Hall–Kier alpha value is -2.55. The summed E-state index contributed by atoms with van der Waals surface area (Å²) in [5.41, 5.74) is 2.42. The van der Waals surface area contributed by atoms with Crippen LogP contribution in [0.4, 0.5) is 0 Å². The SMILES string of the molecule is C[C@@H](OC(=O)C1=NNC(=O)CC1)c1nnc(-c2cccs2)o1. The second-order valence-corrected chi connectivity index (χ2v) is 5.51. The summed E-state index contributed by atoms with van der Waals surface area (Å²) in [7, 11) is 0. The molecule has 1 amide bonds. The van der Waals surface area contributed by atoms with Crippen molar-refractivity contribution in [2.45, 2.75) is 25.9 Å². The first kappa shape index (κ1) is 14.4. The molecule has 8 nitrogen and oxygen atoms in total. The molecule has 9 heteroatoms. The zero-order chi connectivity index (χ0) is 15.5. The van der Waals surface area contributed by atoms with Gasteiger partial charge in [0.25, 0.3) is 11.8 Å². The number of ether oxygens (including phenoxy) is 1. The van der Waals surface area contributed by atoms with Crippen LogP contribution in [0.5, 0.6) is 0 Å². The van der Waals surface area contributed by atoms with E-state index in [1.807, 2.05) is 17.5 Å². The predicted molar refractivity (Wildman–Crippen MR) is 76.9 cm³/mol. The summed E-state index contributed by atoms with van der Waals surface area (Å²) < 4.78 is 10.7. The molecule has 0 aromatic carbocycles. The molecule has 1 aliphatic heterocycles. The summed E-state index contributed by atoms with van der Waals surface area (Å²) in [5.74, 6) is -0.238. The molecule has 22 heavy (non-hydrogen) atoms. The van der Waals surface area contributed by atoms with E-state index in [2.05, 4.69) is 20.7 Å². The van der Waals surface area contributed by atoms with Gasteiger partial charge in [0.2, 0.25) is 5.91 Å². The molecule has 114 valence electrons. The Morgan fingerprint density at radius 3 is 3.00 bits per heavy atom. The molecule has 0 saturated heterocycles. The number of nitrogens with one attached hydrogen (secondary N) is 1. The van der Waals surface area contributed by atoms with Gasteiger partial charge in [-0.2, -0.15) is 5.10 Å². The number of nitrogens with zero attached hydrogens (tertiary/aromatic N) is 3. The fraction of sp³-hybridized carbons (Fsp3) is 0.308. The average molecular weight is 320 g/mol. The van der Waals surface area contributed by atoms with E-state index < -0.39 is 12.1 Å². The molecule has 0 bridgehead atoms. The second kappa shape index (κ2) is 6.06. The first-order valence-corrected chi connectivity index (χ1v) is 7.45. The average Bonchev–Trinajstić information content (AvgIpc) is 3.19. The zero-order valence-electron chi connectivity index (χ0n) is 11.6. The highest BCUT2D eigenvalue weighted by Gasteiger charge is 2.24. The summed E-state index contributed by atoms with van der Waals surface area (Å²) in [4.78, 5) is 23.8. The third kappa shape index (κ3) is 3.03. The third-order valence-corrected chi connectivity index (χ3v) is 3.80. The number of thiophene rings is 1. The van der Waals surface area contributed by atoms with E-state index in [0.29, 0.717) is 5.89 Å². The van der Waals surface area contributed by atoms with Crippen LogP contribution in [0, 0.1) is 0 Å². The number of hydrazone groups is 1. The van der Waals surface area contributed by atoms with E-state index in [-0.39, 0.29) is 30.4 Å². The van der Waals surface area contributed by atoms with Gasteiger partial charge in [0.1, 0.15) is 5.71 Å². The van der Waals surface area contributed by atoms with Gasteiger partial charge in [0.05, 0.1) is 4.88 Å². The Labute approximate surface area is 129 Å². The van der Waals surface area contributed by atoms with Crippen molar-refractivity contribution in [1.82, 2.24) is 15.6 Å². The highest BCUT2D eigenvalue weighted by Crippen LogP contribution is 2.25. The molecule has 0 unspecified atom stereocenters. The van der Waals surface area contributed by atoms with Gasteiger partial charge >= 0.3 is 5.97 Å². The van der Waals surface area contributed by atoms with Crippen molar-refractivity contribution in [2.75, 3.05) is 0 Å². The molecular weight excluding hydrogens is 308 g/mol. The minimum absolute atomic E-state index is 0.171. The van der Waals surface area contributed by atoms with Crippen LogP contribution in [0.3, 0.4) is 0 Å². The lowest BCUT2D eigenvalue weighted by Crippen LogP contribution is -2.31. The molecular formula is C13H12N4O4S. The Morgan fingerprint density at radius 1 is 1.45 bits per heavy atom. The number of hydrogen-bond donors (Lipinski definition) is 1. The number of carbonyl (C=O) groups excluding carboxylic acids is 2. The van der Waals surface area contributed by atoms with Crippen LogP contribution in [-0.2, 0) is 14.3 Å². The smallest absolute Gasteiger partial charge is 0.355 e. The van der Waals surface area contributed by atoms with Crippen molar-refractivity contribution >= 4 is 28.9 Å². The summed E-state index contributed by atoms with van der Waals surface area (Å²) in [6.07, 6.45) is -0.235. The number of hydrogen-bond acceptors (Lipinski definition) is 8. The minimum atomic E-state index is -0.700. The maximum absolute atomic E-state index is 11.9. The molecule has 3 heterocycles. The zero-order valence-corrected chi connectivity index (χ0v) is 12.4. The summed E-state index contributed by atoms with van der Waals surface area (Å²) in [5, 5.41) is 13.4. The monoisotopic (exact) mass is 320 g/mol. The van der Waals surface area contributed by atoms with Crippen LogP contribution in [0.25, 0.3) is 10.8 Å². The van der Waals surface area contributed by atoms with Crippen LogP contribution in [-0.4, -0.2) is 27.8 Å². The molecule has 1 atom stereocenters. The van der Waals surface area contributed by atoms with Crippen molar-refractivity contribution in [3.63, 3.8) is 0 Å². The molecule has 1 aliphatic rings. The first-order chi connectivity index (χ1) is 10.6. The van der Waals surface area contributed by atoms with Gasteiger partial charge in [-0.3, -0.25) is 4.79 Å². The molecule has 0 saturated carbocycles. The number of carbonyl (C=O) groups is 2. The maximum atomic E-state index is 11.9. The van der Waals surface area contributed by atoms with Crippen molar-refractivity contribution in [3.05, 3.63) is 23.4 Å². The lowest BCUT2D eigenvalue weighted by atomic mass is 10.2. The van der Waals surface area contributed by atoms with E-state index in [9.17, 15) is 9.59 Å². The predicted octanol–water partition coefficient (Wildman–Crippen LogP) is 1.67. The van der Waals surface area contributed by atoms with Crippen molar-refractivity contribution in [3.8, 4) is 10.8 Å². The van der Waals surface area contributed by atoms with Gasteiger partial charge in [0.15, 0.2) is 6.10 Å². The van der Waals surface area contributed by atoms with Crippen LogP contribution >= 0.6 is 11.3 Å². The van der Waals surface area contributed by atoms with Gasteiger partial charge in [-0.25, -0.2) is 10.2 Å². The number of aromatic nitrogens is 2. The summed E-state index contributed by atoms with van der Waals surface area (Å²) in [6.45, 7) is 1.63. The lowest BCUT2D eigenvalue weighted by Gasteiger charge is -2.13. The quantitative estimate of drug-likeness (QED) is 0.859. The number of esters is 1. The largest absolute Gasteiger partial charge is 0.448 e. The third-order valence-electron chi connectivity index (χ3n) is 2.94. The molecule has 2 aromatic rings. The van der Waals surface area contributed by atoms with Crippen LogP contribution in [0.2, 0.25) is 0 Å². The lowest BCUT2D eigenvalue weighted by molar-refractivity contribution is -0.141. The van der Waals surface area contributed by atoms with E-state index in [1.54, 1.807) is 6.92 Å². The van der Waals surface area contributed by atoms with Gasteiger partial charge < -0.3 is 9.15 Å². The van der Waals surface area contributed by atoms with E-state index in [1.165, 1.54) is 11.3 Å². The van der Waals surface area contributed by atoms with Crippen LogP contribution < -0.4 is 5.43 Å². The molecule has 0 radical (unpaired) electrons. The number of amides is 1. The Bertz CT molecular complexity index is 722. The van der Waals surface area contributed by atoms with Crippen molar-refractivity contribution < 1.29 is 18.7 Å². The van der Waals surface area contributed by atoms with Gasteiger partial charge in [-0.15, -0.1) is 21.5 Å². The topological polar surface area (TPSA) is 107 Å². The molecule has 0 fully saturated rings. The minimum Gasteiger partial charge on any atom is -0.448 e. The van der Waals surface area contributed by atoms with Crippen molar-refractivity contribution in [2.24, 2.45) is 5.10 Å². The molecule has 0 spiro atoms. The fourth-order valence-electron chi connectivity index (χ4n) is 1.80. The van der Waals surface area contributed by atoms with Crippen molar-refractivity contribution in [1.29, 1.82) is 0 Å². The Kier molecular flexibility index (Phi) is 3.96. The first-order valence-electron chi connectivity index (χ1n) is 6.57. The highest BCUT2D eigenvalue weighted by molar-refractivity contribution is 7.13. The van der Waals surface area contributed by atoms with Gasteiger partial charge in [0, 0.05) is 12.8 Å². The van der Waals surface area contributed by atoms with Crippen LogP contribution in [0.1, 0.15) is 31.8 Å². The molecule has 1 N–H and O–H groups in total. The van der Waals surface area contributed by atoms with E-state index >= 15 is 0 Å². The number of rotatable bonds is 4. The summed E-state index contributed by atoms with van der Waals surface area (Å²) in [6, 6.07) is 3.74. The van der Waals surface area contributed by atoms with Crippen LogP contribution in [0.15, 0.2) is 27.0 Å². The molecule has 2 aromatic heterocycles.